The highest BCUT2D eigenvalue weighted by molar-refractivity contribution is 5.38. The van der Waals surface area contributed by atoms with Crippen LogP contribution in [-0.2, 0) is 0 Å². The summed E-state index contributed by atoms with van der Waals surface area (Å²) >= 11 is 0. The van der Waals surface area contributed by atoms with E-state index >= 15 is 0 Å². The van der Waals surface area contributed by atoms with E-state index in [0.717, 1.165) is 12.2 Å². The summed E-state index contributed by atoms with van der Waals surface area (Å²) in [5, 5.41) is 0. The van der Waals surface area contributed by atoms with Gasteiger partial charge in [0, 0.05) is 12.4 Å². The Labute approximate surface area is 92.5 Å². The molecule has 0 aliphatic carbocycles. The second-order valence-electron chi connectivity index (χ2n) is 3.71. The second-order valence-corrected chi connectivity index (χ2v) is 3.71. The van der Waals surface area contributed by atoms with Crippen molar-refractivity contribution in [1.29, 1.82) is 0 Å². The molecule has 1 aromatic heterocycles. The summed E-state index contributed by atoms with van der Waals surface area (Å²) in [6.45, 7) is 2.24. The predicted molar refractivity (Wildman–Crippen MR) is 64.4 cm³/mol. The fourth-order valence-electron chi connectivity index (χ4n) is 1.45. The zero-order valence-corrected chi connectivity index (χ0v) is 9.52. The first-order valence-corrected chi connectivity index (χ1v) is 5.87. The molecule has 15 heavy (non-hydrogen) atoms. The van der Waals surface area contributed by atoms with Crippen LogP contribution in [0.25, 0.3) is 6.08 Å². The lowest BCUT2D eigenvalue weighted by Gasteiger charge is -1.95. The molecule has 1 rings (SSSR count). The van der Waals surface area contributed by atoms with E-state index in [1.807, 2.05) is 12.1 Å². The summed E-state index contributed by atoms with van der Waals surface area (Å²) in [4.78, 5) is 8.26. The molecule has 0 saturated heterocycles. The Morgan fingerprint density at radius 2 is 1.80 bits per heavy atom. The van der Waals surface area contributed by atoms with Gasteiger partial charge in [0.1, 0.15) is 0 Å². The second kappa shape index (κ2) is 8.16. The average molecular weight is 204 g/mol. The van der Waals surface area contributed by atoms with E-state index in [2.05, 4.69) is 23.0 Å². The largest absolute Gasteiger partial charge is 0.237 e. The van der Waals surface area contributed by atoms with Gasteiger partial charge in [-0.05, 0) is 25.0 Å². The molecule has 0 unspecified atom stereocenters. The van der Waals surface area contributed by atoms with Crippen LogP contribution in [-0.4, -0.2) is 9.97 Å². The first-order valence-electron chi connectivity index (χ1n) is 5.87. The van der Waals surface area contributed by atoms with Crippen molar-refractivity contribution in [3.63, 3.8) is 0 Å². The third-order valence-corrected chi connectivity index (χ3v) is 2.33. The predicted octanol–water partition coefficient (Wildman–Crippen LogP) is 3.85. The molecular formula is C13H20N2. The standard InChI is InChI=1S/C13H20N2/c1-2-3-4-5-6-7-8-10-13-14-11-9-12-15-13/h8-12H,2-7H2,1H3/b10-8+. The maximum atomic E-state index is 4.13. The zero-order chi connectivity index (χ0) is 10.8. The first-order chi connectivity index (χ1) is 7.43. The van der Waals surface area contributed by atoms with E-state index in [-0.39, 0.29) is 0 Å². The van der Waals surface area contributed by atoms with Gasteiger partial charge in [-0.2, -0.15) is 0 Å². The summed E-state index contributed by atoms with van der Waals surface area (Å²) in [6, 6.07) is 1.84. The van der Waals surface area contributed by atoms with Crippen molar-refractivity contribution < 1.29 is 0 Å². The highest BCUT2D eigenvalue weighted by Gasteiger charge is 1.88. The minimum absolute atomic E-state index is 0.811. The van der Waals surface area contributed by atoms with Crippen molar-refractivity contribution in [2.45, 2.75) is 45.4 Å². The molecule has 0 N–H and O–H groups in total. The lowest BCUT2D eigenvalue weighted by molar-refractivity contribution is 0.638. The SMILES string of the molecule is CCCCCCC/C=C/c1ncccn1. The van der Waals surface area contributed by atoms with Crippen molar-refractivity contribution in [2.75, 3.05) is 0 Å². The van der Waals surface area contributed by atoms with Crippen molar-refractivity contribution in [2.24, 2.45) is 0 Å². The maximum absolute atomic E-state index is 4.13. The Morgan fingerprint density at radius 3 is 2.53 bits per heavy atom. The highest BCUT2D eigenvalue weighted by Crippen LogP contribution is 2.06. The molecule has 2 nitrogen and oxygen atoms in total. The monoisotopic (exact) mass is 204 g/mol. The van der Waals surface area contributed by atoms with Crippen molar-refractivity contribution in [3.8, 4) is 0 Å². The minimum Gasteiger partial charge on any atom is -0.237 e. The summed E-state index contributed by atoms with van der Waals surface area (Å²) in [5.74, 6) is 0.811. The molecule has 0 aliphatic heterocycles. The van der Waals surface area contributed by atoms with Crippen LogP contribution in [0.15, 0.2) is 24.5 Å². The molecule has 1 aromatic rings. The molecular weight excluding hydrogens is 184 g/mol. The van der Waals surface area contributed by atoms with Crippen LogP contribution in [0.4, 0.5) is 0 Å². The fraction of sp³-hybridized carbons (Fsp3) is 0.538. The Balaban J connectivity index is 2.07. The van der Waals surface area contributed by atoms with E-state index in [9.17, 15) is 0 Å². The molecule has 2 heteroatoms. The Hall–Kier alpha value is -1.18. The van der Waals surface area contributed by atoms with Gasteiger partial charge >= 0.3 is 0 Å². The van der Waals surface area contributed by atoms with Crippen molar-refractivity contribution in [1.82, 2.24) is 9.97 Å². The van der Waals surface area contributed by atoms with Crippen molar-refractivity contribution in [3.05, 3.63) is 30.4 Å². The maximum Gasteiger partial charge on any atom is 0.151 e. The molecule has 0 atom stereocenters. The summed E-state index contributed by atoms with van der Waals surface area (Å²) in [5.41, 5.74) is 0. The van der Waals surface area contributed by atoms with E-state index in [1.54, 1.807) is 12.4 Å². The van der Waals surface area contributed by atoms with Gasteiger partial charge in [-0.15, -0.1) is 0 Å². The quantitative estimate of drug-likeness (QED) is 0.630. The molecule has 0 aliphatic rings. The van der Waals surface area contributed by atoms with Gasteiger partial charge < -0.3 is 0 Å². The molecule has 0 radical (unpaired) electrons. The van der Waals surface area contributed by atoms with Crippen LogP contribution in [0.5, 0.6) is 0 Å². The number of aromatic nitrogens is 2. The number of allylic oxidation sites excluding steroid dienone is 1. The average Bonchev–Trinajstić information content (AvgIpc) is 2.29. The van der Waals surface area contributed by atoms with Gasteiger partial charge in [0.25, 0.3) is 0 Å². The van der Waals surface area contributed by atoms with Crippen LogP contribution in [0, 0.1) is 0 Å². The molecule has 82 valence electrons. The Kier molecular flexibility index (Phi) is 6.47. The van der Waals surface area contributed by atoms with E-state index in [4.69, 9.17) is 0 Å². The summed E-state index contributed by atoms with van der Waals surface area (Å²) < 4.78 is 0. The Bertz CT molecular complexity index is 267. The number of hydrogen-bond donors (Lipinski definition) is 0. The van der Waals surface area contributed by atoms with Gasteiger partial charge in [-0.3, -0.25) is 0 Å². The van der Waals surface area contributed by atoms with Gasteiger partial charge in [0.15, 0.2) is 5.82 Å². The van der Waals surface area contributed by atoms with Gasteiger partial charge in [-0.25, -0.2) is 9.97 Å². The van der Waals surface area contributed by atoms with E-state index in [0.29, 0.717) is 0 Å². The van der Waals surface area contributed by atoms with Crippen LogP contribution in [0.2, 0.25) is 0 Å². The molecule has 0 fully saturated rings. The molecule has 0 aromatic carbocycles. The van der Waals surface area contributed by atoms with E-state index < -0.39 is 0 Å². The lowest BCUT2D eigenvalue weighted by Crippen LogP contribution is -1.83. The van der Waals surface area contributed by atoms with Gasteiger partial charge in [-0.1, -0.05) is 38.7 Å². The smallest absolute Gasteiger partial charge is 0.151 e. The number of rotatable bonds is 7. The number of unbranched alkanes of at least 4 members (excludes halogenated alkanes) is 5. The summed E-state index contributed by atoms with van der Waals surface area (Å²) in [6.07, 6.45) is 15.5. The van der Waals surface area contributed by atoms with Gasteiger partial charge in [0.2, 0.25) is 0 Å². The number of nitrogens with zero attached hydrogens (tertiary/aromatic N) is 2. The molecule has 0 bridgehead atoms. The first kappa shape index (κ1) is 11.9. The molecule has 0 spiro atoms. The van der Waals surface area contributed by atoms with Gasteiger partial charge in [0.05, 0.1) is 0 Å². The molecule has 1 heterocycles. The summed E-state index contributed by atoms with van der Waals surface area (Å²) in [7, 11) is 0. The molecule has 0 amide bonds. The fourth-order valence-corrected chi connectivity index (χ4v) is 1.45. The van der Waals surface area contributed by atoms with Crippen LogP contribution < -0.4 is 0 Å². The lowest BCUT2D eigenvalue weighted by atomic mass is 10.1. The normalized spacial score (nSPS) is 11.0. The van der Waals surface area contributed by atoms with E-state index in [1.165, 1.54) is 32.1 Å². The number of hydrogen-bond acceptors (Lipinski definition) is 2. The zero-order valence-electron chi connectivity index (χ0n) is 9.52. The third kappa shape index (κ3) is 6.00. The molecule has 0 saturated carbocycles. The van der Waals surface area contributed by atoms with Crippen LogP contribution >= 0.6 is 0 Å². The van der Waals surface area contributed by atoms with Crippen LogP contribution in [0.1, 0.15) is 51.3 Å². The topological polar surface area (TPSA) is 25.8 Å². The van der Waals surface area contributed by atoms with Crippen molar-refractivity contribution >= 4 is 6.08 Å². The highest BCUT2D eigenvalue weighted by atomic mass is 14.8. The minimum atomic E-state index is 0.811. The third-order valence-electron chi connectivity index (χ3n) is 2.33. The van der Waals surface area contributed by atoms with Crippen LogP contribution in [0.3, 0.4) is 0 Å². The Morgan fingerprint density at radius 1 is 1.07 bits per heavy atom.